The fourth-order valence-corrected chi connectivity index (χ4v) is 2.61. The first-order valence-corrected chi connectivity index (χ1v) is 7.03. The average molecular weight is 271 g/mol. The van der Waals surface area contributed by atoms with Crippen molar-refractivity contribution in [1.29, 1.82) is 0 Å². The SMILES string of the molecule is CCCC(CCC)C(O)c1ccc(OC)c(Cl)c1. The molecule has 2 nitrogen and oxygen atoms in total. The second-order valence-corrected chi connectivity index (χ2v) is 5.08. The Morgan fingerprint density at radius 1 is 1.22 bits per heavy atom. The van der Waals surface area contributed by atoms with Crippen LogP contribution < -0.4 is 4.74 Å². The molecule has 1 aromatic rings. The van der Waals surface area contributed by atoms with E-state index in [1.807, 2.05) is 18.2 Å². The van der Waals surface area contributed by atoms with E-state index in [9.17, 15) is 5.11 Å². The number of ether oxygens (including phenoxy) is 1. The van der Waals surface area contributed by atoms with E-state index in [0.717, 1.165) is 31.2 Å². The second-order valence-electron chi connectivity index (χ2n) is 4.68. The van der Waals surface area contributed by atoms with Crippen LogP contribution in [0.25, 0.3) is 0 Å². The molecule has 0 amide bonds. The molecule has 0 aliphatic carbocycles. The Morgan fingerprint density at radius 2 is 1.83 bits per heavy atom. The molecule has 1 rings (SSSR count). The Kier molecular flexibility index (Phi) is 6.51. The molecule has 3 heteroatoms. The first-order chi connectivity index (χ1) is 8.63. The molecule has 0 aromatic heterocycles. The smallest absolute Gasteiger partial charge is 0.137 e. The molecule has 1 unspecified atom stereocenters. The Morgan fingerprint density at radius 3 is 2.28 bits per heavy atom. The largest absolute Gasteiger partial charge is 0.495 e. The molecular weight excluding hydrogens is 248 g/mol. The van der Waals surface area contributed by atoms with Gasteiger partial charge in [-0.2, -0.15) is 0 Å². The zero-order valence-electron chi connectivity index (χ0n) is 11.4. The molecule has 1 aromatic carbocycles. The lowest BCUT2D eigenvalue weighted by atomic mass is 9.88. The lowest BCUT2D eigenvalue weighted by Gasteiger charge is -2.23. The van der Waals surface area contributed by atoms with Gasteiger partial charge in [0.25, 0.3) is 0 Å². The predicted molar refractivity (Wildman–Crippen MR) is 76.3 cm³/mol. The van der Waals surface area contributed by atoms with E-state index >= 15 is 0 Å². The summed E-state index contributed by atoms with van der Waals surface area (Å²) in [7, 11) is 1.59. The third-order valence-corrected chi connectivity index (χ3v) is 3.58. The van der Waals surface area contributed by atoms with Gasteiger partial charge in [0, 0.05) is 0 Å². The normalized spacial score (nSPS) is 12.8. The molecule has 18 heavy (non-hydrogen) atoms. The minimum atomic E-state index is -0.437. The number of aliphatic hydroxyl groups excluding tert-OH is 1. The number of halogens is 1. The average Bonchev–Trinajstić information content (AvgIpc) is 2.37. The molecule has 0 radical (unpaired) electrons. The highest BCUT2D eigenvalue weighted by Gasteiger charge is 2.20. The van der Waals surface area contributed by atoms with Crippen LogP contribution in [0, 0.1) is 5.92 Å². The zero-order valence-corrected chi connectivity index (χ0v) is 12.2. The van der Waals surface area contributed by atoms with E-state index in [1.165, 1.54) is 0 Å². The third kappa shape index (κ3) is 3.89. The van der Waals surface area contributed by atoms with Gasteiger partial charge in [0.15, 0.2) is 0 Å². The summed E-state index contributed by atoms with van der Waals surface area (Å²) in [5.41, 5.74) is 0.882. The summed E-state index contributed by atoms with van der Waals surface area (Å²) in [5, 5.41) is 11.0. The van der Waals surface area contributed by atoms with Gasteiger partial charge in [0.05, 0.1) is 18.2 Å². The summed E-state index contributed by atoms with van der Waals surface area (Å²) in [6, 6.07) is 5.52. The maximum Gasteiger partial charge on any atom is 0.137 e. The van der Waals surface area contributed by atoms with Gasteiger partial charge >= 0.3 is 0 Å². The highest BCUT2D eigenvalue weighted by atomic mass is 35.5. The molecule has 1 N–H and O–H groups in total. The summed E-state index contributed by atoms with van der Waals surface area (Å²) in [5.74, 6) is 0.958. The van der Waals surface area contributed by atoms with Crippen LogP contribution in [0.3, 0.4) is 0 Å². The number of methoxy groups -OCH3 is 1. The summed E-state index contributed by atoms with van der Waals surface area (Å²) in [4.78, 5) is 0. The van der Waals surface area contributed by atoms with Gasteiger partial charge in [0.2, 0.25) is 0 Å². The van der Waals surface area contributed by atoms with E-state index in [4.69, 9.17) is 16.3 Å². The standard InChI is InChI=1S/C15H23ClO2/c1-4-6-11(7-5-2)15(17)12-8-9-14(18-3)13(16)10-12/h8-11,15,17H,4-7H2,1-3H3. The monoisotopic (exact) mass is 270 g/mol. The third-order valence-electron chi connectivity index (χ3n) is 3.28. The molecular formula is C15H23ClO2. The van der Waals surface area contributed by atoms with Gasteiger partial charge in [-0.3, -0.25) is 0 Å². The predicted octanol–water partition coefficient (Wildman–Crippen LogP) is 4.60. The van der Waals surface area contributed by atoms with Crippen molar-refractivity contribution in [2.45, 2.75) is 45.6 Å². The van der Waals surface area contributed by atoms with E-state index in [1.54, 1.807) is 7.11 Å². The zero-order chi connectivity index (χ0) is 13.5. The maximum atomic E-state index is 10.4. The molecule has 0 aliphatic heterocycles. The van der Waals surface area contributed by atoms with Crippen LogP contribution in [-0.4, -0.2) is 12.2 Å². The van der Waals surface area contributed by atoms with Gasteiger partial charge in [0.1, 0.15) is 5.75 Å². The van der Waals surface area contributed by atoms with Gasteiger partial charge in [-0.25, -0.2) is 0 Å². The van der Waals surface area contributed by atoms with Crippen LogP contribution in [0.15, 0.2) is 18.2 Å². The highest BCUT2D eigenvalue weighted by molar-refractivity contribution is 6.32. The molecule has 102 valence electrons. The van der Waals surface area contributed by atoms with Crippen LogP contribution in [0.1, 0.15) is 51.2 Å². The Hall–Kier alpha value is -0.730. The van der Waals surface area contributed by atoms with Gasteiger partial charge in [-0.15, -0.1) is 0 Å². The molecule has 0 bridgehead atoms. The molecule has 0 fully saturated rings. The van der Waals surface area contributed by atoms with Crippen molar-refractivity contribution >= 4 is 11.6 Å². The molecule has 1 atom stereocenters. The second kappa shape index (κ2) is 7.65. The maximum absolute atomic E-state index is 10.4. The molecule has 0 heterocycles. The summed E-state index contributed by atoms with van der Waals surface area (Å²) < 4.78 is 5.12. The Balaban J connectivity index is 2.86. The lowest BCUT2D eigenvalue weighted by molar-refractivity contribution is 0.0964. The van der Waals surface area contributed by atoms with Gasteiger partial charge in [-0.05, 0) is 36.5 Å². The van der Waals surface area contributed by atoms with Crippen LogP contribution in [-0.2, 0) is 0 Å². The van der Waals surface area contributed by atoms with Crippen LogP contribution >= 0.6 is 11.6 Å². The minimum Gasteiger partial charge on any atom is -0.495 e. The molecule has 0 saturated heterocycles. The Labute approximate surface area is 115 Å². The number of benzene rings is 1. The fraction of sp³-hybridized carbons (Fsp3) is 0.600. The summed E-state index contributed by atoms with van der Waals surface area (Å²) in [6.07, 6.45) is 3.82. The number of aliphatic hydroxyl groups is 1. The summed E-state index contributed by atoms with van der Waals surface area (Å²) in [6.45, 7) is 4.30. The minimum absolute atomic E-state index is 0.310. The number of hydrogen-bond acceptors (Lipinski definition) is 2. The topological polar surface area (TPSA) is 29.5 Å². The van der Waals surface area contributed by atoms with Crippen molar-refractivity contribution in [3.63, 3.8) is 0 Å². The first-order valence-electron chi connectivity index (χ1n) is 6.65. The summed E-state index contributed by atoms with van der Waals surface area (Å²) >= 11 is 6.10. The van der Waals surface area contributed by atoms with Gasteiger partial charge in [-0.1, -0.05) is 44.4 Å². The number of hydrogen-bond donors (Lipinski definition) is 1. The van der Waals surface area contributed by atoms with Crippen molar-refractivity contribution in [3.05, 3.63) is 28.8 Å². The van der Waals surface area contributed by atoms with Crippen LogP contribution in [0.5, 0.6) is 5.75 Å². The number of rotatable bonds is 7. The van der Waals surface area contributed by atoms with Crippen molar-refractivity contribution in [2.75, 3.05) is 7.11 Å². The fourth-order valence-electron chi connectivity index (χ4n) is 2.34. The van der Waals surface area contributed by atoms with Crippen LogP contribution in [0.2, 0.25) is 5.02 Å². The van der Waals surface area contributed by atoms with Crippen LogP contribution in [0.4, 0.5) is 0 Å². The Bertz CT molecular complexity index is 360. The van der Waals surface area contributed by atoms with Crippen molar-refractivity contribution in [3.8, 4) is 5.75 Å². The first kappa shape index (κ1) is 15.3. The quantitative estimate of drug-likeness (QED) is 0.785. The lowest BCUT2D eigenvalue weighted by Crippen LogP contribution is -2.12. The van der Waals surface area contributed by atoms with Crippen molar-refractivity contribution in [1.82, 2.24) is 0 Å². The van der Waals surface area contributed by atoms with E-state index < -0.39 is 6.10 Å². The molecule has 0 spiro atoms. The highest BCUT2D eigenvalue weighted by Crippen LogP contribution is 2.33. The van der Waals surface area contributed by atoms with E-state index in [0.29, 0.717) is 16.7 Å². The van der Waals surface area contributed by atoms with Gasteiger partial charge < -0.3 is 9.84 Å². The van der Waals surface area contributed by atoms with Crippen molar-refractivity contribution in [2.24, 2.45) is 5.92 Å². The van der Waals surface area contributed by atoms with E-state index in [-0.39, 0.29) is 0 Å². The molecule has 0 saturated carbocycles. The van der Waals surface area contributed by atoms with E-state index in [2.05, 4.69) is 13.8 Å². The van der Waals surface area contributed by atoms with Crippen molar-refractivity contribution < 1.29 is 9.84 Å². The molecule has 0 aliphatic rings.